The highest BCUT2D eigenvalue weighted by atomic mass is 32.3. The van der Waals surface area contributed by atoms with Crippen molar-refractivity contribution in [2.24, 2.45) is 5.73 Å². The molecule has 1 saturated heterocycles. The van der Waals surface area contributed by atoms with Crippen molar-refractivity contribution in [3.63, 3.8) is 0 Å². The van der Waals surface area contributed by atoms with Gasteiger partial charge in [-0.2, -0.15) is 13.5 Å². The Morgan fingerprint density at radius 2 is 2.18 bits per heavy atom. The number of nitrogens with one attached hydrogen (secondary N) is 3. The molecule has 1 fully saturated rings. The van der Waals surface area contributed by atoms with Gasteiger partial charge in [-0.25, -0.2) is 4.79 Å². The van der Waals surface area contributed by atoms with Crippen molar-refractivity contribution in [1.29, 1.82) is 5.41 Å². The molecule has 0 unspecified atom stereocenters. The molecule has 15 heteroatoms. The van der Waals surface area contributed by atoms with Crippen molar-refractivity contribution in [2.45, 2.75) is 19.4 Å². The van der Waals surface area contributed by atoms with Crippen molar-refractivity contribution in [3.8, 4) is 0 Å². The highest BCUT2D eigenvalue weighted by molar-refractivity contribution is 7.80. The van der Waals surface area contributed by atoms with Gasteiger partial charge in [0.2, 0.25) is 5.76 Å². The summed E-state index contributed by atoms with van der Waals surface area (Å²) in [6.45, 7) is 2.19. The van der Waals surface area contributed by atoms with Crippen LogP contribution in [0.4, 0.5) is 4.79 Å². The molecule has 2 heterocycles. The number of amides is 3. The second kappa shape index (κ2) is 8.85. The van der Waals surface area contributed by atoms with E-state index in [-0.39, 0.29) is 44.3 Å². The maximum Gasteiger partial charge on any atom is 0.418 e. The average Bonchev–Trinajstić information content (AvgIpc) is 3.08. The number of hydroxylamine groups is 2. The quantitative estimate of drug-likeness (QED) is 0.147. The summed E-state index contributed by atoms with van der Waals surface area (Å²) in [5.41, 5.74) is 5.44. The van der Waals surface area contributed by atoms with E-state index in [1.807, 2.05) is 0 Å². The number of carbonyl (C=O) groups excluding carboxylic acids is 2. The van der Waals surface area contributed by atoms with Crippen molar-refractivity contribution in [2.75, 3.05) is 26.2 Å². The monoisotopic (exact) mass is 419 g/mol. The molecule has 156 valence electrons. The van der Waals surface area contributed by atoms with E-state index in [0.717, 1.165) is 0 Å². The zero-order valence-corrected chi connectivity index (χ0v) is 15.7. The number of guanidine groups is 1. The molecular weight excluding hydrogens is 398 g/mol. The molecule has 1 aliphatic heterocycles. The smallest absolute Gasteiger partial charge is 0.370 e. The molecule has 1 aliphatic rings. The summed E-state index contributed by atoms with van der Waals surface area (Å²) in [4.78, 5) is 25.7. The van der Waals surface area contributed by atoms with Crippen LogP contribution in [0, 0.1) is 5.41 Å². The first-order valence-corrected chi connectivity index (χ1v) is 9.56. The first kappa shape index (κ1) is 21.4. The van der Waals surface area contributed by atoms with Gasteiger partial charge in [0.05, 0.1) is 12.6 Å². The lowest BCUT2D eigenvalue weighted by atomic mass is 10.1. The zero-order chi connectivity index (χ0) is 20.9. The second-order valence-corrected chi connectivity index (χ2v) is 6.69. The Morgan fingerprint density at radius 3 is 2.79 bits per heavy atom. The van der Waals surface area contributed by atoms with Crippen molar-refractivity contribution < 1.29 is 31.4 Å². The normalized spacial score (nSPS) is 17.5. The highest BCUT2D eigenvalue weighted by Gasteiger charge is 2.37. The Kier molecular flexibility index (Phi) is 6.76. The lowest BCUT2D eigenvalue weighted by molar-refractivity contribution is -0.0594. The second-order valence-electron chi connectivity index (χ2n) is 5.69. The minimum Gasteiger partial charge on any atom is -0.370 e. The van der Waals surface area contributed by atoms with Crippen LogP contribution in [0.15, 0.2) is 10.6 Å². The van der Waals surface area contributed by atoms with E-state index < -0.39 is 28.4 Å². The van der Waals surface area contributed by atoms with Gasteiger partial charge in [0.15, 0.2) is 5.96 Å². The fourth-order valence-corrected chi connectivity index (χ4v) is 2.99. The van der Waals surface area contributed by atoms with E-state index in [1.54, 1.807) is 6.92 Å². The number of urea groups is 1. The first-order valence-electron chi connectivity index (χ1n) is 8.20. The van der Waals surface area contributed by atoms with Crippen LogP contribution >= 0.6 is 0 Å². The number of hydrogen-bond donors (Lipinski definition) is 5. The molecule has 14 nitrogen and oxygen atoms in total. The van der Waals surface area contributed by atoms with E-state index in [1.165, 1.54) is 11.0 Å². The summed E-state index contributed by atoms with van der Waals surface area (Å²) in [6, 6.07) is 0.0392. The Labute approximate surface area is 160 Å². The van der Waals surface area contributed by atoms with Crippen LogP contribution in [-0.4, -0.2) is 72.2 Å². The predicted octanol–water partition coefficient (Wildman–Crippen LogP) is -1.19. The average molecular weight is 419 g/mol. The predicted molar refractivity (Wildman–Crippen MR) is 93.2 cm³/mol. The molecule has 1 atom stereocenters. The minimum absolute atomic E-state index is 0.0713. The van der Waals surface area contributed by atoms with Crippen LogP contribution < -0.4 is 16.4 Å². The van der Waals surface area contributed by atoms with Gasteiger partial charge in [-0.3, -0.25) is 14.8 Å². The fraction of sp³-hybridized carbons (Fsp3) is 0.538. The SMILES string of the molecule is CCN1C(=O)N(OS(=O)(=O)O)CC[C@H]1c1cc(C(=O)NCCNC(=N)N)on1. The number of aromatic nitrogens is 1. The number of nitrogens with two attached hydrogens (primary N) is 1. The molecule has 0 saturated carbocycles. The Morgan fingerprint density at radius 1 is 1.50 bits per heavy atom. The third kappa shape index (κ3) is 5.54. The Balaban J connectivity index is 2.02. The van der Waals surface area contributed by atoms with Gasteiger partial charge in [-0.1, -0.05) is 5.16 Å². The van der Waals surface area contributed by atoms with Crippen LogP contribution in [0.3, 0.4) is 0 Å². The molecule has 28 heavy (non-hydrogen) atoms. The van der Waals surface area contributed by atoms with E-state index in [0.29, 0.717) is 10.8 Å². The van der Waals surface area contributed by atoms with Crippen LogP contribution in [0.1, 0.15) is 35.6 Å². The molecule has 0 aromatic carbocycles. The summed E-state index contributed by atoms with van der Waals surface area (Å²) in [6.07, 6.45) is 0.227. The summed E-state index contributed by atoms with van der Waals surface area (Å²) < 4.78 is 39.7. The van der Waals surface area contributed by atoms with E-state index >= 15 is 0 Å². The van der Waals surface area contributed by atoms with Gasteiger partial charge in [0, 0.05) is 25.7 Å². The Hall–Kier alpha value is -2.91. The van der Waals surface area contributed by atoms with Crippen molar-refractivity contribution in [3.05, 3.63) is 17.5 Å². The van der Waals surface area contributed by atoms with Crippen molar-refractivity contribution >= 4 is 28.3 Å². The minimum atomic E-state index is -4.83. The summed E-state index contributed by atoms with van der Waals surface area (Å²) in [5, 5.41) is 16.4. The third-order valence-corrected chi connectivity index (χ3v) is 4.15. The van der Waals surface area contributed by atoms with E-state index in [2.05, 4.69) is 20.1 Å². The topological polar surface area (TPSA) is 204 Å². The molecule has 6 N–H and O–H groups in total. The number of nitrogens with zero attached hydrogens (tertiary/aromatic N) is 3. The maximum absolute atomic E-state index is 12.4. The lowest BCUT2D eigenvalue weighted by Gasteiger charge is -2.38. The molecule has 3 amide bonds. The molecule has 1 aromatic rings. The van der Waals surface area contributed by atoms with E-state index in [4.69, 9.17) is 20.2 Å². The van der Waals surface area contributed by atoms with Crippen LogP contribution in [0.2, 0.25) is 0 Å². The molecular formula is C13H21N7O7S. The summed E-state index contributed by atoms with van der Waals surface area (Å²) in [5.74, 6) is -0.826. The molecule has 1 aromatic heterocycles. The zero-order valence-electron chi connectivity index (χ0n) is 14.9. The van der Waals surface area contributed by atoms with E-state index in [9.17, 15) is 18.0 Å². The van der Waals surface area contributed by atoms with Gasteiger partial charge < -0.3 is 25.8 Å². The molecule has 0 spiro atoms. The van der Waals surface area contributed by atoms with Crippen molar-refractivity contribution in [1.82, 2.24) is 25.8 Å². The van der Waals surface area contributed by atoms with Gasteiger partial charge in [0.25, 0.3) is 5.91 Å². The van der Waals surface area contributed by atoms with Crippen LogP contribution in [0.5, 0.6) is 0 Å². The standard InChI is InChI=1S/C13H21N7O7S/c1-2-19-9(3-6-20(13(19)22)27-28(23,24)25)8-7-10(26-18-8)11(21)16-4-5-17-12(14)15/h7,9H,2-6H2,1H3,(H,16,21)(H4,14,15,17)(H,23,24,25)/t9-/m0/s1. The first-order chi connectivity index (χ1) is 13.1. The highest BCUT2D eigenvalue weighted by Crippen LogP contribution is 2.30. The van der Waals surface area contributed by atoms with Crippen LogP contribution in [0.25, 0.3) is 0 Å². The summed E-state index contributed by atoms with van der Waals surface area (Å²) >= 11 is 0. The number of rotatable bonds is 8. The van der Waals surface area contributed by atoms with Gasteiger partial charge in [-0.05, 0) is 13.3 Å². The molecule has 0 aliphatic carbocycles. The van der Waals surface area contributed by atoms with Gasteiger partial charge in [-0.15, -0.1) is 4.28 Å². The van der Waals surface area contributed by atoms with Crippen LogP contribution in [-0.2, 0) is 14.7 Å². The lowest BCUT2D eigenvalue weighted by Crippen LogP contribution is -2.51. The van der Waals surface area contributed by atoms with Gasteiger partial charge in [0.1, 0.15) is 5.69 Å². The fourth-order valence-electron chi connectivity index (χ4n) is 2.63. The molecule has 0 radical (unpaired) electrons. The van der Waals surface area contributed by atoms with Gasteiger partial charge >= 0.3 is 16.4 Å². The number of hydrogen-bond acceptors (Lipinski definition) is 8. The third-order valence-electron chi connectivity index (χ3n) is 3.79. The maximum atomic E-state index is 12.4. The Bertz CT molecular complexity index is 840. The number of carbonyl (C=O) groups is 2. The molecule has 2 rings (SSSR count). The largest absolute Gasteiger partial charge is 0.418 e. The summed E-state index contributed by atoms with van der Waals surface area (Å²) in [7, 11) is -4.83. The molecule has 0 bridgehead atoms.